The van der Waals surface area contributed by atoms with Crippen molar-refractivity contribution in [2.75, 3.05) is 13.1 Å². The molecule has 0 spiro atoms. The number of nitrogens with one attached hydrogen (secondary N) is 2. The summed E-state index contributed by atoms with van der Waals surface area (Å²) >= 11 is 0. The van der Waals surface area contributed by atoms with E-state index in [1.807, 2.05) is 13.8 Å². The van der Waals surface area contributed by atoms with Crippen molar-refractivity contribution < 1.29 is 9.53 Å². The van der Waals surface area contributed by atoms with Crippen LogP contribution in [0.3, 0.4) is 0 Å². The van der Waals surface area contributed by atoms with Crippen molar-refractivity contribution >= 4 is 12.0 Å². The third-order valence-corrected chi connectivity index (χ3v) is 3.60. The topological polar surface area (TPSA) is 67.0 Å². The number of piperidine rings is 1. The van der Waals surface area contributed by atoms with Crippen LogP contribution in [0.25, 0.3) is 6.08 Å². The highest BCUT2D eigenvalue weighted by atomic mass is 16.6. The highest BCUT2D eigenvalue weighted by Gasteiger charge is 2.33. The van der Waals surface area contributed by atoms with E-state index in [0.717, 1.165) is 31.6 Å². The molecule has 2 heterocycles. The van der Waals surface area contributed by atoms with Crippen LogP contribution in [0.4, 0.5) is 0 Å². The molecule has 0 aliphatic carbocycles. The number of rotatable bonds is 4. The molecule has 1 aliphatic rings. The van der Waals surface area contributed by atoms with Gasteiger partial charge < -0.3 is 15.0 Å². The van der Waals surface area contributed by atoms with Crippen LogP contribution in [-0.2, 0) is 9.53 Å². The van der Waals surface area contributed by atoms with Gasteiger partial charge in [0.05, 0.1) is 12.0 Å². The Morgan fingerprint density at radius 2 is 2.21 bits per heavy atom. The second-order valence-corrected chi connectivity index (χ2v) is 5.38. The maximum Gasteiger partial charge on any atom is 0.331 e. The molecule has 104 valence electrons. The molecule has 0 saturated carbocycles. The summed E-state index contributed by atoms with van der Waals surface area (Å²) in [5.41, 5.74) is 0.298. The minimum absolute atomic E-state index is 0.313. The Kier molecular flexibility index (Phi) is 4.37. The maximum absolute atomic E-state index is 11.8. The van der Waals surface area contributed by atoms with Crippen LogP contribution in [0.5, 0.6) is 0 Å². The molecular formula is C14H21N3O2. The normalized spacial score (nSPS) is 17.8. The van der Waals surface area contributed by atoms with Crippen molar-refractivity contribution in [2.45, 2.75) is 32.3 Å². The van der Waals surface area contributed by atoms with Gasteiger partial charge in [-0.3, -0.25) is 0 Å². The minimum Gasteiger partial charge on any atom is -0.456 e. The van der Waals surface area contributed by atoms with Crippen LogP contribution in [0.2, 0.25) is 0 Å². The molecule has 1 aromatic heterocycles. The Balaban J connectivity index is 1.89. The van der Waals surface area contributed by atoms with E-state index in [-0.39, 0.29) is 5.97 Å². The summed E-state index contributed by atoms with van der Waals surface area (Å²) in [5, 5.41) is 3.32. The SMILES string of the molecule is CC(C)(OC(=O)/C=C/c1c[nH]cn1)C1CCNCC1. The minimum atomic E-state index is -0.422. The number of carbonyl (C=O) groups is 1. The molecule has 0 bridgehead atoms. The number of aromatic amines is 1. The van der Waals surface area contributed by atoms with Gasteiger partial charge in [-0.25, -0.2) is 9.78 Å². The van der Waals surface area contributed by atoms with E-state index < -0.39 is 5.60 Å². The second kappa shape index (κ2) is 6.02. The van der Waals surface area contributed by atoms with Crippen LogP contribution in [0.15, 0.2) is 18.6 Å². The summed E-state index contributed by atoms with van der Waals surface area (Å²) in [4.78, 5) is 18.7. The van der Waals surface area contributed by atoms with Crippen molar-refractivity contribution in [3.63, 3.8) is 0 Å². The van der Waals surface area contributed by atoms with E-state index in [4.69, 9.17) is 4.74 Å². The molecule has 0 unspecified atom stereocenters. The number of ether oxygens (including phenoxy) is 1. The van der Waals surface area contributed by atoms with Crippen molar-refractivity contribution in [1.29, 1.82) is 0 Å². The molecular weight excluding hydrogens is 242 g/mol. The lowest BCUT2D eigenvalue weighted by molar-refractivity contribution is -0.156. The first kappa shape index (κ1) is 13.8. The Hall–Kier alpha value is -1.62. The van der Waals surface area contributed by atoms with Gasteiger partial charge in [0.2, 0.25) is 0 Å². The molecule has 1 aromatic rings. The molecule has 0 radical (unpaired) electrons. The summed E-state index contributed by atoms with van der Waals surface area (Å²) < 4.78 is 5.58. The zero-order chi connectivity index (χ0) is 13.7. The van der Waals surface area contributed by atoms with Crippen LogP contribution in [0.1, 0.15) is 32.4 Å². The zero-order valence-corrected chi connectivity index (χ0v) is 11.5. The highest BCUT2D eigenvalue weighted by Crippen LogP contribution is 2.29. The lowest BCUT2D eigenvalue weighted by atomic mass is 9.83. The maximum atomic E-state index is 11.8. The number of H-pyrrole nitrogens is 1. The summed E-state index contributed by atoms with van der Waals surface area (Å²) in [6.45, 7) is 5.97. The molecule has 1 fully saturated rings. The quantitative estimate of drug-likeness (QED) is 0.641. The van der Waals surface area contributed by atoms with E-state index in [2.05, 4.69) is 15.3 Å². The molecule has 0 aromatic carbocycles. The lowest BCUT2D eigenvalue weighted by Gasteiger charge is -2.36. The molecule has 1 saturated heterocycles. The third kappa shape index (κ3) is 3.92. The second-order valence-electron chi connectivity index (χ2n) is 5.38. The highest BCUT2D eigenvalue weighted by molar-refractivity contribution is 5.86. The van der Waals surface area contributed by atoms with Crippen molar-refractivity contribution in [2.24, 2.45) is 5.92 Å². The van der Waals surface area contributed by atoms with E-state index in [1.165, 1.54) is 6.08 Å². The number of esters is 1. The first-order valence-corrected chi connectivity index (χ1v) is 6.68. The van der Waals surface area contributed by atoms with Crippen LogP contribution in [0, 0.1) is 5.92 Å². The lowest BCUT2D eigenvalue weighted by Crippen LogP contribution is -2.42. The van der Waals surface area contributed by atoms with Gasteiger partial charge in [-0.1, -0.05) is 0 Å². The van der Waals surface area contributed by atoms with Crippen LogP contribution < -0.4 is 5.32 Å². The van der Waals surface area contributed by atoms with Crippen molar-refractivity contribution in [3.05, 3.63) is 24.3 Å². The van der Waals surface area contributed by atoms with Gasteiger partial charge >= 0.3 is 5.97 Å². The molecule has 0 amide bonds. The van der Waals surface area contributed by atoms with E-state index in [9.17, 15) is 4.79 Å². The fourth-order valence-electron chi connectivity index (χ4n) is 2.41. The fraction of sp³-hybridized carbons (Fsp3) is 0.571. The summed E-state index contributed by atoms with van der Waals surface area (Å²) in [6, 6.07) is 0. The Morgan fingerprint density at radius 3 is 2.84 bits per heavy atom. The van der Waals surface area contributed by atoms with Crippen LogP contribution >= 0.6 is 0 Å². The summed E-state index contributed by atoms with van der Waals surface area (Å²) in [5.74, 6) is 0.100. The van der Waals surface area contributed by atoms with E-state index in [1.54, 1.807) is 18.6 Å². The van der Waals surface area contributed by atoms with Crippen molar-refractivity contribution in [3.8, 4) is 0 Å². The predicted octanol–water partition coefficient (Wildman–Crippen LogP) is 1.74. The van der Waals surface area contributed by atoms with Crippen LogP contribution in [-0.4, -0.2) is 34.6 Å². The molecule has 2 N–H and O–H groups in total. The van der Waals surface area contributed by atoms with Gasteiger partial charge in [0, 0.05) is 18.2 Å². The van der Waals surface area contributed by atoms with E-state index >= 15 is 0 Å². The Labute approximate surface area is 113 Å². The molecule has 5 heteroatoms. The largest absolute Gasteiger partial charge is 0.456 e. The average molecular weight is 263 g/mol. The first-order valence-electron chi connectivity index (χ1n) is 6.68. The molecule has 19 heavy (non-hydrogen) atoms. The molecule has 2 rings (SSSR count). The van der Waals surface area contributed by atoms with Gasteiger partial charge in [0.1, 0.15) is 5.60 Å². The summed E-state index contributed by atoms with van der Waals surface area (Å²) in [7, 11) is 0. The number of carbonyl (C=O) groups excluding carboxylic acids is 1. The number of hydrogen-bond acceptors (Lipinski definition) is 4. The number of imidazole rings is 1. The average Bonchev–Trinajstić information content (AvgIpc) is 2.90. The molecule has 1 aliphatic heterocycles. The van der Waals surface area contributed by atoms with Gasteiger partial charge in [-0.15, -0.1) is 0 Å². The molecule has 0 atom stereocenters. The smallest absolute Gasteiger partial charge is 0.331 e. The monoisotopic (exact) mass is 263 g/mol. The first-order chi connectivity index (χ1) is 9.08. The molecule has 5 nitrogen and oxygen atoms in total. The van der Waals surface area contributed by atoms with Gasteiger partial charge in [-0.05, 0) is 45.9 Å². The van der Waals surface area contributed by atoms with Gasteiger partial charge in [0.25, 0.3) is 0 Å². The predicted molar refractivity (Wildman–Crippen MR) is 73.4 cm³/mol. The van der Waals surface area contributed by atoms with Gasteiger partial charge in [0.15, 0.2) is 0 Å². The number of aromatic nitrogens is 2. The third-order valence-electron chi connectivity index (χ3n) is 3.60. The Morgan fingerprint density at radius 1 is 1.47 bits per heavy atom. The fourth-order valence-corrected chi connectivity index (χ4v) is 2.41. The van der Waals surface area contributed by atoms with Gasteiger partial charge in [-0.2, -0.15) is 0 Å². The van der Waals surface area contributed by atoms with Crippen molar-refractivity contribution in [1.82, 2.24) is 15.3 Å². The standard InChI is InChI=1S/C14H21N3O2/c1-14(2,11-5-7-15-8-6-11)19-13(18)4-3-12-9-16-10-17-12/h3-4,9-11,15H,5-8H2,1-2H3,(H,16,17)/b4-3+. The zero-order valence-electron chi connectivity index (χ0n) is 11.5. The number of nitrogens with zero attached hydrogens (tertiary/aromatic N) is 1. The number of hydrogen-bond donors (Lipinski definition) is 2. The summed E-state index contributed by atoms with van der Waals surface area (Å²) in [6.07, 6.45) is 8.47. The Bertz CT molecular complexity index is 432. The van der Waals surface area contributed by atoms with E-state index in [0.29, 0.717) is 5.92 Å².